The minimum absolute atomic E-state index is 0.555. The molecule has 0 fully saturated rings. The van der Waals surface area contributed by atoms with Gasteiger partial charge in [0.1, 0.15) is 0 Å². The molecule has 0 saturated heterocycles. The molecule has 0 amide bonds. The highest BCUT2D eigenvalue weighted by atomic mass is 79.9. The van der Waals surface area contributed by atoms with Crippen molar-refractivity contribution in [3.63, 3.8) is 0 Å². The summed E-state index contributed by atoms with van der Waals surface area (Å²) in [6.07, 6.45) is 0.836. The van der Waals surface area contributed by atoms with Crippen molar-refractivity contribution in [1.29, 1.82) is 0 Å². The molecule has 90 valence electrons. The van der Waals surface area contributed by atoms with Crippen LogP contribution in [0.2, 0.25) is 0 Å². The Hall–Kier alpha value is -0.850. The molecule has 6 heteroatoms. The SMILES string of the molecule is Cc1nnc(Sc2cc(Br)ccc2CCN)o1. The number of aryl methyl sites for hydroxylation is 1. The molecule has 0 aliphatic heterocycles. The zero-order valence-corrected chi connectivity index (χ0v) is 11.7. The average molecular weight is 314 g/mol. The van der Waals surface area contributed by atoms with Crippen LogP contribution in [0.25, 0.3) is 0 Å². The van der Waals surface area contributed by atoms with E-state index in [2.05, 4.69) is 32.2 Å². The fourth-order valence-corrected chi connectivity index (χ4v) is 2.83. The second kappa shape index (κ2) is 5.66. The van der Waals surface area contributed by atoms with Crippen LogP contribution in [0.15, 0.2) is 37.2 Å². The van der Waals surface area contributed by atoms with E-state index in [9.17, 15) is 0 Å². The molecule has 0 aliphatic rings. The van der Waals surface area contributed by atoms with E-state index in [4.69, 9.17) is 10.2 Å². The maximum Gasteiger partial charge on any atom is 0.281 e. The summed E-state index contributed by atoms with van der Waals surface area (Å²) in [5.41, 5.74) is 6.78. The predicted molar refractivity (Wildman–Crippen MR) is 70.1 cm³/mol. The van der Waals surface area contributed by atoms with Gasteiger partial charge in [0.2, 0.25) is 5.89 Å². The maximum atomic E-state index is 5.59. The van der Waals surface area contributed by atoms with Crippen LogP contribution < -0.4 is 5.73 Å². The number of nitrogens with zero attached hydrogens (tertiary/aromatic N) is 2. The Morgan fingerprint density at radius 3 is 2.88 bits per heavy atom. The summed E-state index contributed by atoms with van der Waals surface area (Å²) in [6.45, 7) is 2.40. The minimum atomic E-state index is 0.555. The fourth-order valence-electron chi connectivity index (χ4n) is 1.40. The van der Waals surface area contributed by atoms with Gasteiger partial charge < -0.3 is 10.2 Å². The number of nitrogens with two attached hydrogens (primary N) is 1. The quantitative estimate of drug-likeness (QED) is 0.940. The van der Waals surface area contributed by atoms with E-state index in [1.807, 2.05) is 12.1 Å². The first-order chi connectivity index (χ1) is 8.19. The Balaban J connectivity index is 2.26. The van der Waals surface area contributed by atoms with E-state index >= 15 is 0 Å². The van der Waals surface area contributed by atoms with Gasteiger partial charge in [-0.05, 0) is 42.4 Å². The summed E-state index contributed by atoms with van der Waals surface area (Å²) in [4.78, 5) is 1.09. The lowest BCUT2D eigenvalue weighted by Crippen LogP contribution is -2.03. The molecule has 2 N–H and O–H groups in total. The molecule has 0 bridgehead atoms. The Morgan fingerprint density at radius 2 is 2.24 bits per heavy atom. The predicted octanol–water partition coefficient (Wildman–Crippen LogP) is 2.79. The fraction of sp³-hybridized carbons (Fsp3) is 0.273. The third-order valence-electron chi connectivity index (χ3n) is 2.15. The monoisotopic (exact) mass is 313 g/mol. The van der Waals surface area contributed by atoms with E-state index in [1.54, 1.807) is 6.92 Å². The van der Waals surface area contributed by atoms with Gasteiger partial charge >= 0.3 is 0 Å². The highest BCUT2D eigenvalue weighted by molar-refractivity contribution is 9.10. The normalized spacial score (nSPS) is 10.8. The highest BCUT2D eigenvalue weighted by Crippen LogP contribution is 2.31. The van der Waals surface area contributed by atoms with Crippen LogP contribution in [0.4, 0.5) is 0 Å². The Bertz CT molecular complexity index is 515. The van der Waals surface area contributed by atoms with Crippen molar-refractivity contribution < 1.29 is 4.42 Å². The first-order valence-electron chi connectivity index (χ1n) is 5.15. The molecular weight excluding hydrogens is 302 g/mol. The van der Waals surface area contributed by atoms with Crippen molar-refractivity contribution in [1.82, 2.24) is 10.2 Å². The van der Waals surface area contributed by atoms with Crippen molar-refractivity contribution in [2.24, 2.45) is 5.73 Å². The topological polar surface area (TPSA) is 64.9 Å². The molecule has 4 nitrogen and oxygen atoms in total. The molecule has 0 aliphatic carbocycles. The van der Waals surface area contributed by atoms with Crippen molar-refractivity contribution in [3.8, 4) is 0 Å². The number of aromatic nitrogens is 2. The third kappa shape index (κ3) is 3.31. The van der Waals surface area contributed by atoms with Crippen LogP contribution in [0.3, 0.4) is 0 Å². The molecule has 0 unspecified atom stereocenters. The van der Waals surface area contributed by atoms with Gasteiger partial charge in [0, 0.05) is 16.3 Å². The zero-order chi connectivity index (χ0) is 12.3. The molecular formula is C11H12BrN3OS. The molecule has 1 heterocycles. The summed E-state index contributed by atoms with van der Waals surface area (Å²) in [6, 6.07) is 6.10. The van der Waals surface area contributed by atoms with Crippen LogP contribution in [0, 0.1) is 6.92 Å². The first kappa shape index (κ1) is 12.6. The lowest BCUT2D eigenvalue weighted by molar-refractivity contribution is 0.429. The molecule has 2 aromatic rings. The van der Waals surface area contributed by atoms with Crippen LogP contribution in [0.1, 0.15) is 11.5 Å². The van der Waals surface area contributed by atoms with Gasteiger partial charge in [-0.15, -0.1) is 10.2 Å². The van der Waals surface area contributed by atoms with E-state index in [0.717, 1.165) is 15.8 Å². The molecule has 0 atom stereocenters. The van der Waals surface area contributed by atoms with Crippen molar-refractivity contribution in [3.05, 3.63) is 34.1 Å². The van der Waals surface area contributed by atoms with E-state index < -0.39 is 0 Å². The summed E-state index contributed by atoms with van der Waals surface area (Å²) in [7, 11) is 0. The average Bonchev–Trinajstić information content (AvgIpc) is 2.68. The van der Waals surface area contributed by atoms with E-state index in [1.165, 1.54) is 17.3 Å². The molecule has 1 aromatic heterocycles. The van der Waals surface area contributed by atoms with Crippen molar-refractivity contribution in [2.75, 3.05) is 6.54 Å². The van der Waals surface area contributed by atoms with Gasteiger partial charge in [0.25, 0.3) is 5.22 Å². The number of benzene rings is 1. The van der Waals surface area contributed by atoms with Crippen molar-refractivity contribution >= 4 is 27.7 Å². The number of rotatable bonds is 4. The van der Waals surface area contributed by atoms with Gasteiger partial charge in [-0.1, -0.05) is 22.0 Å². The van der Waals surface area contributed by atoms with Crippen molar-refractivity contribution in [2.45, 2.75) is 23.5 Å². The first-order valence-corrected chi connectivity index (χ1v) is 6.76. The second-order valence-corrected chi connectivity index (χ2v) is 5.39. The smallest absolute Gasteiger partial charge is 0.281 e. The van der Waals surface area contributed by atoms with Gasteiger partial charge in [0.15, 0.2) is 0 Å². The summed E-state index contributed by atoms with van der Waals surface area (Å²) in [5.74, 6) is 0.572. The number of hydrogen-bond acceptors (Lipinski definition) is 5. The zero-order valence-electron chi connectivity index (χ0n) is 9.31. The van der Waals surface area contributed by atoms with Crippen LogP contribution >= 0.6 is 27.7 Å². The number of halogens is 1. The summed E-state index contributed by atoms with van der Waals surface area (Å²) >= 11 is 4.92. The van der Waals surface area contributed by atoms with Gasteiger partial charge in [-0.25, -0.2) is 0 Å². The molecule has 0 radical (unpaired) electrons. The minimum Gasteiger partial charge on any atom is -0.416 e. The standard InChI is InChI=1S/C11H12BrN3OS/c1-7-14-15-11(16-7)17-10-6-9(12)3-2-8(10)4-5-13/h2-3,6H,4-5,13H2,1H3. The molecule has 1 aromatic carbocycles. The van der Waals surface area contributed by atoms with Gasteiger partial charge in [-0.2, -0.15) is 0 Å². The Kier molecular flexibility index (Phi) is 4.20. The van der Waals surface area contributed by atoms with E-state index in [-0.39, 0.29) is 0 Å². The lowest BCUT2D eigenvalue weighted by atomic mass is 10.1. The molecule has 2 rings (SSSR count). The summed E-state index contributed by atoms with van der Waals surface area (Å²) in [5, 5.41) is 8.33. The Labute approximate surface area is 112 Å². The van der Waals surface area contributed by atoms with Gasteiger partial charge in [0.05, 0.1) is 0 Å². The van der Waals surface area contributed by atoms with Gasteiger partial charge in [-0.3, -0.25) is 0 Å². The summed E-state index contributed by atoms with van der Waals surface area (Å²) < 4.78 is 6.38. The Morgan fingerprint density at radius 1 is 1.41 bits per heavy atom. The van der Waals surface area contributed by atoms with Crippen LogP contribution in [-0.2, 0) is 6.42 Å². The molecule has 0 saturated carbocycles. The largest absolute Gasteiger partial charge is 0.416 e. The molecule has 0 spiro atoms. The highest BCUT2D eigenvalue weighted by Gasteiger charge is 2.09. The maximum absolute atomic E-state index is 5.59. The second-order valence-electron chi connectivity index (χ2n) is 3.48. The van der Waals surface area contributed by atoms with E-state index in [0.29, 0.717) is 17.7 Å². The number of hydrogen-bond donors (Lipinski definition) is 1. The van der Waals surface area contributed by atoms with Crippen LogP contribution in [0.5, 0.6) is 0 Å². The van der Waals surface area contributed by atoms with Crippen LogP contribution in [-0.4, -0.2) is 16.7 Å². The lowest BCUT2D eigenvalue weighted by Gasteiger charge is -2.06. The molecule has 17 heavy (non-hydrogen) atoms. The third-order valence-corrected chi connectivity index (χ3v) is 3.58.